The first-order valence-corrected chi connectivity index (χ1v) is 5.64. The average Bonchev–Trinajstić information content (AvgIpc) is 2.93. The second kappa shape index (κ2) is 5.25. The summed E-state index contributed by atoms with van der Waals surface area (Å²) in [6, 6.07) is 0. The molecule has 3 heterocycles. The normalized spacial score (nSPS) is 26.5. The van der Waals surface area contributed by atoms with E-state index in [9.17, 15) is 9.90 Å². The van der Waals surface area contributed by atoms with E-state index < -0.39 is 18.4 Å². The maximum Gasteiger partial charge on any atom is 0.278 e. The fourth-order valence-corrected chi connectivity index (χ4v) is 2.17. The number of hydrogen-bond acceptors (Lipinski definition) is 6. The van der Waals surface area contributed by atoms with Crippen LogP contribution in [0.5, 0.6) is 0 Å². The minimum absolute atomic E-state index is 0. The van der Waals surface area contributed by atoms with Crippen molar-refractivity contribution in [2.24, 2.45) is 5.73 Å². The highest BCUT2D eigenvalue weighted by molar-refractivity contribution is 5.85. The highest BCUT2D eigenvalue weighted by atomic mass is 35.5. The number of halogens is 1. The topological polar surface area (TPSA) is 119 Å². The average molecular weight is 288 g/mol. The summed E-state index contributed by atoms with van der Waals surface area (Å²) in [6.07, 6.45) is 1.81. The lowest BCUT2D eigenvalue weighted by Crippen LogP contribution is -2.29. The van der Waals surface area contributed by atoms with Gasteiger partial charge in [-0.2, -0.15) is 0 Å². The van der Waals surface area contributed by atoms with E-state index >= 15 is 0 Å². The molecule has 0 bridgehead atoms. The maximum atomic E-state index is 11.5. The number of aromatic nitrogens is 4. The second-order valence-corrected chi connectivity index (χ2v) is 4.22. The van der Waals surface area contributed by atoms with Gasteiger partial charge in [0.1, 0.15) is 6.23 Å². The van der Waals surface area contributed by atoms with Crippen molar-refractivity contribution in [3.8, 4) is 0 Å². The van der Waals surface area contributed by atoms with E-state index in [0.717, 1.165) is 0 Å². The van der Waals surface area contributed by atoms with Gasteiger partial charge >= 0.3 is 0 Å². The van der Waals surface area contributed by atoms with Gasteiger partial charge in [-0.05, 0) is 0 Å². The molecule has 0 spiro atoms. The van der Waals surface area contributed by atoms with Gasteiger partial charge in [-0.1, -0.05) is 0 Å². The lowest BCUT2D eigenvalue weighted by molar-refractivity contribution is -0.0115. The molecule has 0 saturated carbocycles. The standard InChI is InChI=1S/C10H13N5O3.ClH/c11-2-6-5(16)1-7(18-6)15-4-14-8-9(15)12-3-13-10(8)17;/h3-7,16H,1-2,11H2,(H,12,13,17);1H/t5?,6-,7-;/m1./s1. The fraction of sp³-hybridized carbons (Fsp3) is 0.500. The van der Waals surface area contributed by atoms with Crippen LogP contribution < -0.4 is 11.3 Å². The Bertz CT molecular complexity index is 627. The zero-order valence-corrected chi connectivity index (χ0v) is 10.7. The number of nitrogens with two attached hydrogens (primary N) is 1. The predicted octanol–water partition coefficient (Wildman–Crippen LogP) is -0.852. The molecular formula is C10H14ClN5O3. The van der Waals surface area contributed by atoms with Crippen LogP contribution in [-0.2, 0) is 4.74 Å². The number of hydrogen-bond donors (Lipinski definition) is 3. The zero-order chi connectivity index (χ0) is 12.7. The Balaban J connectivity index is 0.00000133. The van der Waals surface area contributed by atoms with E-state index in [2.05, 4.69) is 15.0 Å². The molecule has 1 unspecified atom stereocenters. The Kier molecular flexibility index (Phi) is 3.85. The third-order valence-corrected chi connectivity index (χ3v) is 3.11. The van der Waals surface area contributed by atoms with Crippen LogP contribution in [-0.4, -0.2) is 43.4 Å². The van der Waals surface area contributed by atoms with E-state index in [-0.39, 0.29) is 30.0 Å². The number of ether oxygens (including phenoxy) is 1. The molecule has 2 aromatic heterocycles. The highest BCUT2D eigenvalue weighted by Gasteiger charge is 2.34. The third kappa shape index (κ3) is 2.23. The van der Waals surface area contributed by atoms with Crippen molar-refractivity contribution in [2.45, 2.75) is 24.9 Å². The van der Waals surface area contributed by atoms with Crippen molar-refractivity contribution in [2.75, 3.05) is 6.54 Å². The first kappa shape index (κ1) is 13.9. The highest BCUT2D eigenvalue weighted by Crippen LogP contribution is 2.29. The largest absolute Gasteiger partial charge is 0.390 e. The van der Waals surface area contributed by atoms with Crippen molar-refractivity contribution in [1.29, 1.82) is 0 Å². The SMILES string of the molecule is Cl.NC[C@H]1O[C@@H](n2cnc3c(=O)[nH]cnc32)CC1O. The lowest BCUT2D eigenvalue weighted by Gasteiger charge is -2.13. The van der Waals surface area contributed by atoms with E-state index in [0.29, 0.717) is 12.1 Å². The molecular weight excluding hydrogens is 274 g/mol. The first-order valence-electron chi connectivity index (χ1n) is 5.64. The molecule has 0 aliphatic carbocycles. The van der Waals surface area contributed by atoms with Gasteiger partial charge in [0, 0.05) is 13.0 Å². The number of aliphatic hydroxyl groups excluding tert-OH is 1. The molecule has 2 aromatic rings. The van der Waals surface area contributed by atoms with E-state index in [1.807, 2.05) is 0 Å². The number of H-pyrrole nitrogens is 1. The number of rotatable bonds is 2. The molecule has 8 nitrogen and oxygen atoms in total. The molecule has 0 radical (unpaired) electrons. The number of nitrogens with zero attached hydrogens (tertiary/aromatic N) is 3. The van der Waals surface area contributed by atoms with Crippen LogP contribution >= 0.6 is 12.4 Å². The molecule has 0 aromatic carbocycles. The molecule has 104 valence electrons. The van der Waals surface area contributed by atoms with Crippen molar-refractivity contribution in [3.05, 3.63) is 23.0 Å². The summed E-state index contributed by atoms with van der Waals surface area (Å²) < 4.78 is 7.25. The summed E-state index contributed by atoms with van der Waals surface area (Å²) in [5, 5.41) is 9.76. The Morgan fingerprint density at radius 1 is 1.58 bits per heavy atom. The van der Waals surface area contributed by atoms with Gasteiger partial charge in [-0.25, -0.2) is 9.97 Å². The molecule has 3 rings (SSSR count). The van der Waals surface area contributed by atoms with Crippen LogP contribution in [0.25, 0.3) is 11.2 Å². The smallest absolute Gasteiger partial charge is 0.278 e. The van der Waals surface area contributed by atoms with Crippen molar-refractivity contribution < 1.29 is 9.84 Å². The molecule has 9 heteroatoms. The predicted molar refractivity (Wildman–Crippen MR) is 69.0 cm³/mol. The van der Waals surface area contributed by atoms with Crippen LogP contribution in [0.3, 0.4) is 0 Å². The van der Waals surface area contributed by atoms with Crippen LogP contribution in [0.15, 0.2) is 17.4 Å². The maximum absolute atomic E-state index is 11.5. The van der Waals surface area contributed by atoms with Crippen molar-refractivity contribution in [1.82, 2.24) is 19.5 Å². The molecule has 1 fully saturated rings. The number of aliphatic hydroxyl groups is 1. The molecule has 1 aliphatic heterocycles. The number of aromatic amines is 1. The monoisotopic (exact) mass is 287 g/mol. The first-order chi connectivity index (χ1) is 8.70. The van der Waals surface area contributed by atoms with Gasteiger partial charge in [0.15, 0.2) is 11.2 Å². The zero-order valence-electron chi connectivity index (χ0n) is 9.89. The Morgan fingerprint density at radius 3 is 3.05 bits per heavy atom. The van der Waals surface area contributed by atoms with Crippen LogP contribution in [0.4, 0.5) is 0 Å². The summed E-state index contributed by atoms with van der Waals surface area (Å²) in [7, 11) is 0. The molecule has 1 saturated heterocycles. The van der Waals surface area contributed by atoms with E-state index in [4.69, 9.17) is 10.5 Å². The minimum Gasteiger partial charge on any atom is -0.390 e. The van der Waals surface area contributed by atoms with Gasteiger partial charge in [0.05, 0.1) is 24.9 Å². The quantitative estimate of drug-likeness (QED) is 0.662. The number of fused-ring (bicyclic) bond motifs is 1. The van der Waals surface area contributed by atoms with Crippen LogP contribution in [0.2, 0.25) is 0 Å². The number of nitrogens with one attached hydrogen (secondary N) is 1. The summed E-state index contributed by atoms with van der Waals surface area (Å²) in [5.74, 6) is 0. The van der Waals surface area contributed by atoms with E-state index in [1.54, 1.807) is 4.57 Å². The van der Waals surface area contributed by atoms with Crippen LogP contribution in [0, 0.1) is 0 Å². The second-order valence-electron chi connectivity index (χ2n) is 4.22. The summed E-state index contributed by atoms with van der Waals surface area (Å²) >= 11 is 0. The molecule has 1 aliphatic rings. The minimum atomic E-state index is -0.612. The van der Waals surface area contributed by atoms with E-state index in [1.165, 1.54) is 12.7 Å². The van der Waals surface area contributed by atoms with Gasteiger partial charge in [0.25, 0.3) is 5.56 Å². The summed E-state index contributed by atoms with van der Waals surface area (Å²) in [5.41, 5.74) is 5.89. The van der Waals surface area contributed by atoms with Gasteiger partial charge in [-0.3, -0.25) is 9.36 Å². The third-order valence-electron chi connectivity index (χ3n) is 3.11. The van der Waals surface area contributed by atoms with Crippen molar-refractivity contribution in [3.63, 3.8) is 0 Å². The Morgan fingerprint density at radius 2 is 2.37 bits per heavy atom. The van der Waals surface area contributed by atoms with Crippen molar-refractivity contribution >= 4 is 23.6 Å². The van der Waals surface area contributed by atoms with Gasteiger partial charge < -0.3 is 20.6 Å². The molecule has 0 amide bonds. The Labute approximate surface area is 114 Å². The van der Waals surface area contributed by atoms with Crippen LogP contribution in [0.1, 0.15) is 12.6 Å². The number of imidazole rings is 1. The molecule has 3 atom stereocenters. The lowest BCUT2D eigenvalue weighted by atomic mass is 10.2. The van der Waals surface area contributed by atoms with Gasteiger partial charge in [0.2, 0.25) is 0 Å². The summed E-state index contributed by atoms with van der Waals surface area (Å²) in [6.45, 7) is 0.248. The summed E-state index contributed by atoms with van der Waals surface area (Å²) in [4.78, 5) is 22.0. The van der Waals surface area contributed by atoms with Gasteiger partial charge in [-0.15, -0.1) is 12.4 Å². The molecule has 19 heavy (non-hydrogen) atoms. The Hall–Kier alpha value is -1.48. The molecule has 4 N–H and O–H groups in total. The fourth-order valence-electron chi connectivity index (χ4n) is 2.17.